The minimum absolute atomic E-state index is 0.0195. The number of rotatable bonds is 8. The van der Waals surface area contributed by atoms with Gasteiger partial charge in [0.15, 0.2) is 0 Å². The van der Waals surface area contributed by atoms with Crippen molar-refractivity contribution in [2.45, 2.75) is 11.4 Å². The number of thiophene rings is 2. The number of amides is 1. The van der Waals surface area contributed by atoms with Crippen molar-refractivity contribution in [1.82, 2.24) is 4.72 Å². The molecule has 1 amide bonds. The van der Waals surface area contributed by atoms with Crippen LogP contribution in [0.15, 0.2) is 88.5 Å². The summed E-state index contributed by atoms with van der Waals surface area (Å²) < 4.78 is 27.9. The first kappa shape index (κ1) is 21.3. The van der Waals surface area contributed by atoms with E-state index in [4.69, 9.17) is 0 Å². The van der Waals surface area contributed by atoms with Gasteiger partial charge in [0.05, 0.1) is 0 Å². The maximum Gasteiger partial charge on any atom is 0.267 e. The number of nitrogens with one attached hydrogen (secondary N) is 3. The fourth-order valence-electron chi connectivity index (χ4n) is 2.84. The summed E-state index contributed by atoms with van der Waals surface area (Å²) in [5.74, 6) is -0.463. The Hall–Kier alpha value is -2.98. The van der Waals surface area contributed by atoms with Gasteiger partial charge < -0.3 is 10.6 Å². The molecule has 0 bridgehead atoms. The van der Waals surface area contributed by atoms with E-state index in [9.17, 15) is 13.2 Å². The summed E-state index contributed by atoms with van der Waals surface area (Å²) in [6, 6.07) is 22.1. The summed E-state index contributed by atoms with van der Waals surface area (Å²) in [6.45, 7) is 0.187. The van der Waals surface area contributed by atoms with Crippen molar-refractivity contribution in [3.05, 3.63) is 93.3 Å². The minimum atomic E-state index is -3.81. The lowest BCUT2D eigenvalue weighted by Gasteiger charge is -2.10. The Labute approximate surface area is 188 Å². The fraction of sp³-hybridized carbons (Fsp3) is 0.0455. The smallest absolute Gasteiger partial charge is 0.267 e. The Balaban J connectivity index is 1.43. The summed E-state index contributed by atoms with van der Waals surface area (Å²) in [5.41, 5.74) is 2.41. The second-order valence-electron chi connectivity index (χ2n) is 6.54. The number of anilines is 3. The number of sulfonamides is 1. The lowest BCUT2D eigenvalue weighted by molar-refractivity contribution is 0.102. The van der Waals surface area contributed by atoms with Crippen molar-refractivity contribution < 1.29 is 13.2 Å². The van der Waals surface area contributed by atoms with Gasteiger partial charge in [-0.2, -0.15) is 0 Å². The first-order valence-electron chi connectivity index (χ1n) is 9.34. The van der Waals surface area contributed by atoms with Crippen LogP contribution in [-0.4, -0.2) is 14.3 Å². The second kappa shape index (κ2) is 9.44. The molecule has 0 radical (unpaired) electrons. The third-order valence-corrected chi connectivity index (χ3v) is 7.71. The molecule has 31 heavy (non-hydrogen) atoms. The average molecular weight is 470 g/mol. The quantitative estimate of drug-likeness (QED) is 0.327. The van der Waals surface area contributed by atoms with E-state index in [0.29, 0.717) is 5.69 Å². The molecule has 6 nitrogen and oxygen atoms in total. The monoisotopic (exact) mass is 469 g/mol. The Morgan fingerprint density at radius 2 is 1.48 bits per heavy atom. The van der Waals surface area contributed by atoms with Crippen LogP contribution in [0.25, 0.3) is 0 Å². The molecule has 158 valence electrons. The van der Waals surface area contributed by atoms with Gasteiger partial charge in [-0.1, -0.05) is 24.3 Å². The number of carbonyl (C=O) groups excluding carboxylic acids is 1. The third-order valence-electron chi connectivity index (χ3n) is 4.35. The molecule has 0 saturated carbocycles. The van der Waals surface area contributed by atoms with Gasteiger partial charge in [-0.15, -0.1) is 22.7 Å². The van der Waals surface area contributed by atoms with Crippen LogP contribution in [0.4, 0.5) is 17.1 Å². The molecule has 0 aliphatic rings. The van der Waals surface area contributed by atoms with Crippen LogP contribution in [0.3, 0.4) is 0 Å². The molecule has 2 aromatic heterocycles. The van der Waals surface area contributed by atoms with Crippen LogP contribution in [-0.2, 0) is 16.6 Å². The molecular weight excluding hydrogens is 450 g/mol. The molecule has 0 aliphatic heterocycles. The number of hydrogen-bond donors (Lipinski definition) is 3. The molecule has 0 aliphatic carbocycles. The van der Waals surface area contributed by atoms with Gasteiger partial charge in [0.25, 0.3) is 5.91 Å². The van der Waals surface area contributed by atoms with Gasteiger partial charge in [-0.3, -0.25) is 4.79 Å². The van der Waals surface area contributed by atoms with Crippen LogP contribution in [0, 0.1) is 0 Å². The number of benzene rings is 2. The van der Waals surface area contributed by atoms with Gasteiger partial charge in [0, 0.05) is 28.5 Å². The van der Waals surface area contributed by atoms with E-state index in [1.165, 1.54) is 17.4 Å². The first-order valence-corrected chi connectivity index (χ1v) is 12.6. The normalized spacial score (nSPS) is 11.2. The van der Waals surface area contributed by atoms with E-state index >= 15 is 0 Å². The highest BCUT2D eigenvalue weighted by Gasteiger charge is 2.24. The van der Waals surface area contributed by atoms with E-state index < -0.39 is 15.9 Å². The molecular formula is C22H19N3O3S3. The highest BCUT2D eigenvalue weighted by Crippen LogP contribution is 2.25. The molecule has 2 aromatic carbocycles. The van der Waals surface area contributed by atoms with Crippen molar-refractivity contribution in [3.63, 3.8) is 0 Å². The van der Waals surface area contributed by atoms with Crippen LogP contribution >= 0.6 is 22.7 Å². The summed E-state index contributed by atoms with van der Waals surface area (Å²) in [7, 11) is -3.81. The highest BCUT2D eigenvalue weighted by atomic mass is 32.2. The van der Waals surface area contributed by atoms with Crippen molar-refractivity contribution in [2.75, 3.05) is 10.6 Å². The Bertz CT molecular complexity index is 1250. The Morgan fingerprint density at radius 1 is 0.774 bits per heavy atom. The maximum atomic E-state index is 12.7. The molecule has 0 unspecified atom stereocenters. The zero-order valence-electron chi connectivity index (χ0n) is 16.2. The first-order chi connectivity index (χ1) is 15.0. The van der Waals surface area contributed by atoms with Crippen molar-refractivity contribution >= 4 is 55.7 Å². The van der Waals surface area contributed by atoms with Crippen molar-refractivity contribution in [3.8, 4) is 0 Å². The van der Waals surface area contributed by atoms with Crippen LogP contribution in [0.5, 0.6) is 0 Å². The van der Waals surface area contributed by atoms with Gasteiger partial charge in [-0.25, -0.2) is 13.1 Å². The van der Waals surface area contributed by atoms with Crippen LogP contribution < -0.4 is 15.4 Å². The standard InChI is InChI=1S/C22H19N3O3S3/c26-22(25-18-10-8-17(9-11-18)24-16-5-2-1-3-6-16)21-20(12-14-30-21)31(27,28)23-15-19-7-4-13-29-19/h1-14,23-24H,15H2,(H,25,26). The van der Waals surface area contributed by atoms with E-state index in [1.54, 1.807) is 17.5 Å². The molecule has 3 N–H and O–H groups in total. The third kappa shape index (κ3) is 5.39. The van der Waals surface area contributed by atoms with Crippen molar-refractivity contribution in [1.29, 1.82) is 0 Å². The van der Waals surface area contributed by atoms with E-state index in [-0.39, 0.29) is 16.3 Å². The van der Waals surface area contributed by atoms with Gasteiger partial charge in [-0.05, 0) is 59.3 Å². The number of carbonyl (C=O) groups is 1. The fourth-order valence-corrected chi connectivity index (χ4v) is 5.91. The molecule has 0 saturated heterocycles. The average Bonchev–Trinajstić information content (AvgIpc) is 3.47. The summed E-state index contributed by atoms with van der Waals surface area (Å²) in [6.07, 6.45) is 0. The Kier molecular flexibility index (Phi) is 6.47. The minimum Gasteiger partial charge on any atom is -0.356 e. The molecule has 4 rings (SSSR count). The maximum absolute atomic E-state index is 12.7. The zero-order chi connectivity index (χ0) is 21.7. The molecule has 0 fully saturated rings. The molecule has 2 heterocycles. The molecule has 4 aromatic rings. The number of para-hydroxylation sites is 1. The lowest BCUT2D eigenvalue weighted by Crippen LogP contribution is -2.25. The van der Waals surface area contributed by atoms with Crippen LogP contribution in [0.2, 0.25) is 0 Å². The predicted octanol–water partition coefficient (Wildman–Crippen LogP) is 5.28. The van der Waals surface area contributed by atoms with Gasteiger partial charge in [0.2, 0.25) is 10.0 Å². The SMILES string of the molecule is O=C(Nc1ccc(Nc2ccccc2)cc1)c1sccc1S(=O)(=O)NCc1cccs1. The van der Waals surface area contributed by atoms with E-state index in [2.05, 4.69) is 15.4 Å². The molecule has 9 heteroatoms. The van der Waals surface area contributed by atoms with E-state index in [0.717, 1.165) is 27.6 Å². The van der Waals surface area contributed by atoms with Crippen molar-refractivity contribution in [2.24, 2.45) is 0 Å². The highest BCUT2D eigenvalue weighted by molar-refractivity contribution is 7.89. The lowest BCUT2D eigenvalue weighted by atomic mass is 10.2. The number of hydrogen-bond acceptors (Lipinski definition) is 6. The summed E-state index contributed by atoms with van der Waals surface area (Å²) in [5, 5.41) is 9.52. The summed E-state index contributed by atoms with van der Waals surface area (Å²) >= 11 is 2.56. The van der Waals surface area contributed by atoms with Gasteiger partial charge in [0.1, 0.15) is 9.77 Å². The predicted molar refractivity (Wildman–Crippen MR) is 127 cm³/mol. The van der Waals surface area contributed by atoms with E-state index in [1.807, 2.05) is 60.0 Å². The second-order valence-corrected chi connectivity index (χ2v) is 10.2. The largest absolute Gasteiger partial charge is 0.356 e. The topological polar surface area (TPSA) is 87.3 Å². The van der Waals surface area contributed by atoms with Crippen LogP contribution in [0.1, 0.15) is 14.5 Å². The van der Waals surface area contributed by atoms with Gasteiger partial charge >= 0.3 is 0 Å². The Morgan fingerprint density at radius 3 is 2.19 bits per heavy atom. The molecule has 0 atom stereocenters. The zero-order valence-corrected chi connectivity index (χ0v) is 18.7. The molecule has 0 spiro atoms. The summed E-state index contributed by atoms with van der Waals surface area (Å²) in [4.78, 5) is 13.8.